The van der Waals surface area contributed by atoms with Gasteiger partial charge in [-0.15, -0.1) is 0 Å². The Balaban J connectivity index is 2.50. The topological polar surface area (TPSA) is 27.0 Å². The van der Waals surface area contributed by atoms with Crippen molar-refractivity contribution in [2.45, 2.75) is 6.42 Å². The lowest BCUT2D eigenvalue weighted by molar-refractivity contribution is 0.403. The summed E-state index contributed by atoms with van der Waals surface area (Å²) in [5.41, 5.74) is 0. The smallest absolute Gasteiger partial charge is 0.0698 e. The number of hydrogen-bond acceptors (Lipinski definition) is 2. The van der Waals surface area contributed by atoms with E-state index in [2.05, 4.69) is 11.0 Å². The van der Waals surface area contributed by atoms with Gasteiger partial charge >= 0.3 is 0 Å². The van der Waals surface area contributed by atoms with Gasteiger partial charge in [0.25, 0.3) is 0 Å². The van der Waals surface area contributed by atoms with Crippen LogP contribution in [-0.4, -0.2) is 18.5 Å². The second kappa shape index (κ2) is 2.54. The van der Waals surface area contributed by atoms with Crippen LogP contribution in [0, 0.1) is 17.2 Å². The van der Waals surface area contributed by atoms with Crippen molar-refractivity contribution in [1.82, 2.24) is 4.90 Å². The fraction of sp³-hybridized carbons (Fsp3) is 0.571. The maximum Gasteiger partial charge on any atom is 0.0698 e. The first kappa shape index (κ1) is 6.15. The van der Waals surface area contributed by atoms with Gasteiger partial charge in [0, 0.05) is 13.6 Å². The summed E-state index contributed by atoms with van der Waals surface area (Å²) in [4.78, 5) is 2.09. The molecule has 1 unspecified atom stereocenters. The Labute approximate surface area is 55.4 Å². The number of hydrogen-bond donors (Lipinski definition) is 0. The van der Waals surface area contributed by atoms with Gasteiger partial charge in [-0.2, -0.15) is 5.26 Å². The molecule has 48 valence electrons. The van der Waals surface area contributed by atoms with Gasteiger partial charge in [-0.3, -0.25) is 0 Å². The number of rotatable bonds is 0. The zero-order valence-electron chi connectivity index (χ0n) is 5.54. The third-order valence-corrected chi connectivity index (χ3v) is 1.53. The Morgan fingerprint density at radius 2 is 2.56 bits per heavy atom. The fourth-order valence-corrected chi connectivity index (χ4v) is 0.872. The quantitative estimate of drug-likeness (QED) is 0.478. The molecule has 1 aliphatic heterocycles. The van der Waals surface area contributed by atoms with Crippen molar-refractivity contribution >= 4 is 0 Å². The van der Waals surface area contributed by atoms with Crippen LogP contribution in [0.1, 0.15) is 6.42 Å². The van der Waals surface area contributed by atoms with E-state index >= 15 is 0 Å². The van der Waals surface area contributed by atoms with Crippen LogP contribution in [0.15, 0.2) is 12.3 Å². The average Bonchev–Trinajstić information content (AvgIpc) is 1.90. The number of nitrogens with zero attached hydrogens (tertiary/aromatic N) is 2. The van der Waals surface area contributed by atoms with Crippen LogP contribution in [0.3, 0.4) is 0 Å². The van der Waals surface area contributed by atoms with Crippen molar-refractivity contribution in [2.24, 2.45) is 5.92 Å². The summed E-state index contributed by atoms with van der Waals surface area (Å²) >= 11 is 0. The molecule has 9 heavy (non-hydrogen) atoms. The molecule has 0 aliphatic carbocycles. The van der Waals surface area contributed by atoms with Gasteiger partial charge in [0.15, 0.2) is 0 Å². The third kappa shape index (κ3) is 1.46. The highest BCUT2D eigenvalue weighted by atomic mass is 15.1. The van der Waals surface area contributed by atoms with E-state index < -0.39 is 0 Å². The van der Waals surface area contributed by atoms with E-state index in [0.717, 1.165) is 13.0 Å². The Hall–Kier alpha value is -0.970. The van der Waals surface area contributed by atoms with E-state index in [4.69, 9.17) is 5.26 Å². The van der Waals surface area contributed by atoms with Gasteiger partial charge < -0.3 is 4.90 Å². The largest absolute Gasteiger partial charge is 0.381 e. The van der Waals surface area contributed by atoms with Crippen LogP contribution >= 0.6 is 0 Å². The van der Waals surface area contributed by atoms with E-state index in [1.165, 1.54) is 0 Å². The third-order valence-electron chi connectivity index (χ3n) is 1.53. The highest BCUT2D eigenvalue weighted by Gasteiger charge is 2.07. The summed E-state index contributed by atoms with van der Waals surface area (Å²) in [6.45, 7) is 1.01. The van der Waals surface area contributed by atoms with Crippen molar-refractivity contribution in [1.29, 1.82) is 5.26 Å². The van der Waals surface area contributed by atoms with E-state index in [9.17, 15) is 0 Å². The molecule has 1 rings (SSSR count). The van der Waals surface area contributed by atoms with Crippen molar-refractivity contribution in [3.05, 3.63) is 12.3 Å². The summed E-state index contributed by atoms with van der Waals surface area (Å²) in [5.74, 6) is 0.154. The van der Waals surface area contributed by atoms with Crippen LogP contribution in [0.5, 0.6) is 0 Å². The first-order valence-electron chi connectivity index (χ1n) is 3.11. The van der Waals surface area contributed by atoms with Gasteiger partial charge in [0.2, 0.25) is 0 Å². The Morgan fingerprint density at radius 3 is 3.00 bits per heavy atom. The molecule has 0 saturated heterocycles. The minimum atomic E-state index is 0.154. The van der Waals surface area contributed by atoms with E-state index in [-0.39, 0.29) is 5.92 Å². The highest BCUT2D eigenvalue weighted by Crippen LogP contribution is 2.10. The van der Waals surface area contributed by atoms with Gasteiger partial charge in [-0.25, -0.2) is 0 Å². The predicted molar refractivity (Wildman–Crippen MR) is 35.5 cm³/mol. The van der Waals surface area contributed by atoms with Gasteiger partial charge in [-0.05, 0) is 12.6 Å². The number of allylic oxidation sites excluding steroid dienone is 1. The van der Waals surface area contributed by atoms with Crippen molar-refractivity contribution in [3.63, 3.8) is 0 Å². The first-order chi connectivity index (χ1) is 4.33. The maximum atomic E-state index is 8.46. The second-order valence-electron chi connectivity index (χ2n) is 2.35. The van der Waals surface area contributed by atoms with E-state index in [1.807, 2.05) is 19.3 Å². The molecule has 0 spiro atoms. The second-order valence-corrected chi connectivity index (χ2v) is 2.35. The normalized spacial score (nSPS) is 25.8. The highest BCUT2D eigenvalue weighted by molar-refractivity contribution is 5.02. The molecule has 2 nitrogen and oxygen atoms in total. The van der Waals surface area contributed by atoms with Crippen LogP contribution in [-0.2, 0) is 0 Å². The van der Waals surface area contributed by atoms with Crippen LogP contribution in [0.25, 0.3) is 0 Å². The lowest BCUT2D eigenvalue weighted by Crippen LogP contribution is -2.19. The van der Waals surface area contributed by atoms with Crippen molar-refractivity contribution in [2.75, 3.05) is 13.6 Å². The van der Waals surface area contributed by atoms with Gasteiger partial charge in [0.1, 0.15) is 0 Å². The zero-order valence-corrected chi connectivity index (χ0v) is 5.54. The zero-order chi connectivity index (χ0) is 6.69. The van der Waals surface area contributed by atoms with Gasteiger partial charge in [-0.1, -0.05) is 6.08 Å². The minimum Gasteiger partial charge on any atom is -0.381 e. The molecule has 0 aromatic rings. The molecular formula is C7H10N2. The molecule has 0 aromatic carbocycles. The summed E-state index contributed by atoms with van der Waals surface area (Å²) in [6, 6.07) is 2.21. The first-order valence-corrected chi connectivity index (χ1v) is 3.11. The van der Waals surface area contributed by atoms with Crippen molar-refractivity contribution in [3.8, 4) is 6.07 Å². The fourth-order valence-electron chi connectivity index (χ4n) is 0.872. The molecular weight excluding hydrogens is 112 g/mol. The molecule has 1 aliphatic rings. The monoisotopic (exact) mass is 122 g/mol. The molecule has 0 saturated carbocycles. The molecule has 2 heteroatoms. The summed E-state index contributed by atoms with van der Waals surface area (Å²) < 4.78 is 0. The summed E-state index contributed by atoms with van der Waals surface area (Å²) in [6.07, 6.45) is 4.89. The van der Waals surface area contributed by atoms with Gasteiger partial charge in [0.05, 0.1) is 12.0 Å². The molecule has 0 amide bonds. The Bertz CT molecular complexity index is 155. The maximum absolute atomic E-state index is 8.46. The molecule has 1 atom stereocenters. The standard InChI is InChI=1S/C7H10N2/c1-9-4-2-7(6-8)3-5-9/h2,4,7H,3,5H2,1H3. The lowest BCUT2D eigenvalue weighted by atomic mass is 10.1. The predicted octanol–water partition coefficient (Wildman–Crippen LogP) is 0.975. The Morgan fingerprint density at radius 1 is 1.78 bits per heavy atom. The van der Waals surface area contributed by atoms with Crippen LogP contribution in [0.4, 0.5) is 0 Å². The van der Waals surface area contributed by atoms with Crippen LogP contribution in [0.2, 0.25) is 0 Å². The van der Waals surface area contributed by atoms with Crippen LogP contribution < -0.4 is 0 Å². The molecule has 0 bridgehead atoms. The molecule has 0 aromatic heterocycles. The molecule has 0 radical (unpaired) electrons. The minimum absolute atomic E-state index is 0.154. The van der Waals surface area contributed by atoms with Crippen molar-refractivity contribution < 1.29 is 0 Å². The summed E-state index contributed by atoms with van der Waals surface area (Å²) in [7, 11) is 2.02. The molecule has 0 fully saturated rings. The van der Waals surface area contributed by atoms with E-state index in [0.29, 0.717) is 0 Å². The number of nitriles is 1. The lowest BCUT2D eigenvalue weighted by Gasteiger charge is -2.19. The Kier molecular flexibility index (Phi) is 1.74. The average molecular weight is 122 g/mol. The van der Waals surface area contributed by atoms with E-state index in [1.54, 1.807) is 0 Å². The summed E-state index contributed by atoms with van der Waals surface area (Å²) in [5, 5.41) is 8.46. The molecule has 0 N–H and O–H groups in total. The molecule has 1 heterocycles. The SMILES string of the molecule is CN1C=CC(C#N)CC1.